The van der Waals surface area contributed by atoms with Gasteiger partial charge in [0.25, 0.3) is 0 Å². The van der Waals surface area contributed by atoms with Gasteiger partial charge < -0.3 is 29.8 Å². The van der Waals surface area contributed by atoms with E-state index in [-0.39, 0.29) is 6.61 Å². The largest absolute Gasteiger partial charge is 0.374 e. The first-order valence-corrected chi connectivity index (χ1v) is 11.2. The van der Waals surface area contributed by atoms with Crippen molar-refractivity contribution < 1.29 is 24.1 Å². The summed E-state index contributed by atoms with van der Waals surface area (Å²) in [5.74, 6) is 0. The lowest BCUT2D eigenvalue weighted by molar-refractivity contribution is -0.281. The van der Waals surface area contributed by atoms with Crippen molar-refractivity contribution in [3.8, 4) is 0 Å². The lowest BCUT2D eigenvalue weighted by Gasteiger charge is -2.43. The number of aliphatic hydroxyl groups is 1. The van der Waals surface area contributed by atoms with E-state index in [9.17, 15) is 5.11 Å². The summed E-state index contributed by atoms with van der Waals surface area (Å²) >= 11 is 0. The molecule has 6 heteroatoms. The molecule has 3 aromatic carbocycles. The van der Waals surface area contributed by atoms with Crippen LogP contribution in [0.1, 0.15) is 16.7 Å². The summed E-state index contributed by atoms with van der Waals surface area (Å²) in [7, 11) is 0. The van der Waals surface area contributed by atoms with Gasteiger partial charge in [0.2, 0.25) is 0 Å². The molecule has 6 nitrogen and oxygen atoms in total. The van der Waals surface area contributed by atoms with Crippen molar-refractivity contribution in [3.05, 3.63) is 108 Å². The summed E-state index contributed by atoms with van der Waals surface area (Å²) in [5, 5.41) is 10.7. The van der Waals surface area contributed by atoms with Crippen molar-refractivity contribution >= 4 is 0 Å². The zero-order valence-corrected chi connectivity index (χ0v) is 18.5. The van der Waals surface area contributed by atoms with Crippen LogP contribution in [-0.2, 0) is 38.8 Å². The molecule has 0 aliphatic carbocycles. The summed E-state index contributed by atoms with van der Waals surface area (Å²) in [6, 6.07) is 28.9. The highest BCUT2D eigenvalue weighted by molar-refractivity contribution is 5.15. The van der Waals surface area contributed by atoms with Crippen LogP contribution in [0.25, 0.3) is 0 Å². The van der Waals surface area contributed by atoms with Gasteiger partial charge in [-0.15, -0.1) is 0 Å². The van der Waals surface area contributed by atoms with Gasteiger partial charge in [0, 0.05) is 0 Å². The van der Waals surface area contributed by atoms with Crippen molar-refractivity contribution in [3.63, 3.8) is 0 Å². The SMILES string of the molecule is N[C@@H]1[C@@H](OCc2ccccc2)[C@@H](O)O[C@H](COCc2ccccc2)[C@H]1OCc1ccccc1. The molecule has 3 aromatic rings. The monoisotopic (exact) mass is 449 g/mol. The molecule has 0 bridgehead atoms. The van der Waals surface area contributed by atoms with Gasteiger partial charge in [0.1, 0.15) is 18.3 Å². The molecule has 0 aromatic heterocycles. The minimum Gasteiger partial charge on any atom is -0.374 e. The van der Waals surface area contributed by atoms with Gasteiger partial charge in [0.15, 0.2) is 6.29 Å². The molecule has 33 heavy (non-hydrogen) atoms. The molecule has 1 aliphatic rings. The average molecular weight is 450 g/mol. The maximum Gasteiger partial charge on any atom is 0.183 e. The number of nitrogens with two attached hydrogens (primary N) is 1. The van der Waals surface area contributed by atoms with Crippen LogP contribution in [-0.4, -0.2) is 42.4 Å². The van der Waals surface area contributed by atoms with Gasteiger partial charge in [-0.1, -0.05) is 91.0 Å². The molecule has 5 atom stereocenters. The fourth-order valence-corrected chi connectivity index (χ4v) is 3.91. The number of aliphatic hydroxyl groups excluding tert-OH is 1. The third kappa shape index (κ3) is 6.71. The Morgan fingerprint density at radius 2 is 1.12 bits per heavy atom. The molecule has 0 saturated carbocycles. The van der Waals surface area contributed by atoms with E-state index < -0.39 is 30.6 Å². The first-order chi connectivity index (χ1) is 16.2. The molecule has 0 spiro atoms. The highest BCUT2D eigenvalue weighted by atomic mass is 16.7. The van der Waals surface area contributed by atoms with Crippen LogP contribution >= 0.6 is 0 Å². The molecule has 0 unspecified atom stereocenters. The fraction of sp³-hybridized carbons (Fsp3) is 0.333. The number of rotatable bonds is 10. The topological polar surface area (TPSA) is 83.2 Å². The molecule has 0 amide bonds. The molecular weight excluding hydrogens is 418 g/mol. The highest BCUT2D eigenvalue weighted by Crippen LogP contribution is 2.26. The quantitative estimate of drug-likeness (QED) is 0.494. The maximum absolute atomic E-state index is 10.7. The predicted octanol–water partition coefficient (Wildman–Crippen LogP) is 3.42. The van der Waals surface area contributed by atoms with E-state index in [0.29, 0.717) is 19.8 Å². The first-order valence-electron chi connectivity index (χ1n) is 11.2. The van der Waals surface area contributed by atoms with Crippen molar-refractivity contribution in [1.82, 2.24) is 0 Å². The van der Waals surface area contributed by atoms with Crippen LogP contribution in [0.5, 0.6) is 0 Å². The molecule has 1 aliphatic heterocycles. The molecule has 3 N–H and O–H groups in total. The molecule has 1 fully saturated rings. The van der Waals surface area contributed by atoms with E-state index in [1.54, 1.807) is 0 Å². The fourth-order valence-electron chi connectivity index (χ4n) is 3.91. The van der Waals surface area contributed by atoms with E-state index in [4.69, 9.17) is 24.7 Å². The van der Waals surface area contributed by atoms with Crippen molar-refractivity contribution in [2.45, 2.75) is 50.5 Å². The number of hydrogen-bond acceptors (Lipinski definition) is 6. The maximum atomic E-state index is 10.7. The summed E-state index contributed by atoms with van der Waals surface area (Å²) in [6.45, 7) is 1.37. The second-order valence-corrected chi connectivity index (χ2v) is 8.17. The summed E-state index contributed by atoms with van der Waals surface area (Å²) < 4.78 is 24.0. The third-order valence-electron chi connectivity index (χ3n) is 5.68. The van der Waals surface area contributed by atoms with Gasteiger partial charge >= 0.3 is 0 Å². The van der Waals surface area contributed by atoms with E-state index >= 15 is 0 Å². The Balaban J connectivity index is 1.41. The van der Waals surface area contributed by atoms with Crippen LogP contribution < -0.4 is 5.73 Å². The Kier molecular flexibility index (Phi) is 8.60. The Labute approximate surface area is 194 Å². The molecule has 4 rings (SSSR count). The van der Waals surface area contributed by atoms with E-state index in [2.05, 4.69) is 0 Å². The Bertz CT molecular complexity index is 939. The minimum absolute atomic E-state index is 0.241. The van der Waals surface area contributed by atoms with Gasteiger partial charge in [-0.25, -0.2) is 0 Å². The van der Waals surface area contributed by atoms with Crippen LogP contribution in [0, 0.1) is 0 Å². The highest BCUT2D eigenvalue weighted by Gasteiger charge is 2.45. The Morgan fingerprint density at radius 1 is 0.667 bits per heavy atom. The summed E-state index contributed by atoms with van der Waals surface area (Å²) in [5.41, 5.74) is 9.65. The van der Waals surface area contributed by atoms with E-state index in [0.717, 1.165) is 16.7 Å². The van der Waals surface area contributed by atoms with E-state index in [1.165, 1.54) is 0 Å². The average Bonchev–Trinajstić information content (AvgIpc) is 2.85. The van der Waals surface area contributed by atoms with Crippen LogP contribution in [0.15, 0.2) is 91.0 Å². The standard InChI is InChI=1S/C27H31NO5/c28-24-25(31-17-21-12-6-2-7-13-21)23(19-30-16-20-10-4-1-5-11-20)33-27(29)26(24)32-18-22-14-8-3-9-15-22/h1-15,23-27,29H,16-19,28H2/t23-,24+,25-,26-,27+/m1/s1. The second kappa shape index (κ2) is 12.0. The summed E-state index contributed by atoms with van der Waals surface area (Å²) in [4.78, 5) is 0. The van der Waals surface area contributed by atoms with Gasteiger partial charge in [-0.05, 0) is 16.7 Å². The van der Waals surface area contributed by atoms with Gasteiger partial charge in [-0.3, -0.25) is 0 Å². The third-order valence-corrected chi connectivity index (χ3v) is 5.68. The number of ether oxygens (including phenoxy) is 4. The smallest absolute Gasteiger partial charge is 0.183 e. The molecule has 174 valence electrons. The normalized spacial score (nSPS) is 25.1. The van der Waals surface area contributed by atoms with Crippen LogP contribution in [0.4, 0.5) is 0 Å². The number of benzene rings is 3. The predicted molar refractivity (Wildman–Crippen MR) is 125 cm³/mol. The molecule has 1 heterocycles. The van der Waals surface area contributed by atoms with Crippen LogP contribution in [0.3, 0.4) is 0 Å². The number of hydrogen-bond donors (Lipinski definition) is 2. The Morgan fingerprint density at radius 3 is 1.64 bits per heavy atom. The van der Waals surface area contributed by atoms with Crippen molar-refractivity contribution in [1.29, 1.82) is 0 Å². The Hall–Kier alpha value is -2.58. The van der Waals surface area contributed by atoms with E-state index in [1.807, 2.05) is 91.0 Å². The van der Waals surface area contributed by atoms with Crippen molar-refractivity contribution in [2.75, 3.05) is 6.61 Å². The first kappa shape index (κ1) is 23.6. The van der Waals surface area contributed by atoms with Gasteiger partial charge in [-0.2, -0.15) is 0 Å². The lowest BCUT2D eigenvalue weighted by atomic mass is 9.96. The minimum atomic E-state index is -1.18. The zero-order valence-electron chi connectivity index (χ0n) is 18.5. The summed E-state index contributed by atoms with van der Waals surface area (Å²) in [6.07, 6.45) is -2.94. The molecule has 1 saturated heterocycles. The van der Waals surface area contributed by atoms with Crippen molar-refractivity contribution in [2.24, 2.45) is 5.73 Å². The molecule has 0 radical (unpaired) electrons. The zero-order chi connectivity index (χ0) is 22.9. The lowest BCUT2D eigenvalue weighted by Crippen LogP contribution is -2.63. The molecular formula is C27H31NO5. The second-order valence-electron chi connectivity index (χ2n) is 8.17. The van der Waals surface area contributed by atoms with Crippen LogP contribution in [0.2, 0.25) is 0 Å². The van der Waals surface area contributed by atoms with Gasteiger partial charge in [0.05, 0.1) is 32.5 Å².